The number of aliphatic hydroxyl groups excluding tert-OH is 1. The highest BCUT2D eigenvalue weighted by molar-refractivity contribution is 7.89. The van der Waals surface area contributed by atoms with Crippen molar-refractivity contribution < 1.29 is 23.1 Å². The minimum atomic E-state index is -3.88. The van der Waals surface area contributed by atoms with Gasteiger partial charge in [0.1, 0.15) is 5.75 Å². The summed E-state index contributed by atoms with van der Waals surface area (Å²) in [6.07, 6.45) is 0.931. The van der Waals surface area contributed by atoms with Crippen LogP contribution in [0.4, 0.5) is 5.69 Å². The fourth-order valence-corrected chi connectivity index (χ4v) is 4.65. The number of likely N-dealkylation sites (tertiary alicyclic amines) is 2. The lowest BCUT2D eigenvalue weighted by Crippen LogP contribution is -2.40. The Kier molecular flexibility index (Phi) is 5.73. The van der Waals surface area contributed by atoms with Crippen LogP contribution in [0.15, 0.2) is 23.1 Å². The number of likely N-dealkylation sites (N-methyl/N-ethyl adjacent to an activating group) is 1. The number of nitrogens with zero attached hydrogens (tertiary/aromatic N) is 2. The molecule has 0 aliphatic carbocycles. The number of anilines is 1. The van der Waals surface area contributed by atoms with Gasteiger partial charge in [0.2, 0.25) is 15.9 Å². The number of carbonyl (C=O) groups excluding carboxylic acids is 1. The summed E-state index contributed by atoms with van der Waals surface area (Å²) in [6.45, 7) is 1.92. The Bertz CT molecular complexity index is 816. The van der Waals surface area contributed by atoms with Gasteiger partial charge in [0.15, 0.2) is 0 Å². The molecule has 0 bridgehead atoms. The number of methoxy groups -OCH3 is 1. The Labute approximate surface area is 159 Å². The minimum Gasteiger partial charge on any atom is -0.495 e. The SMILES string of the molecule is COc1ccc(S(N)(=O)=O)cc1NC(=O)CN1C[C@@H]2C[C@@H](CO)N(C)[C@@H]2C1. The smallest absolute Gasteiger partial charge is 0.238 e. The molecule has 2 saturated heterocycles. The molecular weight excluding hydrogens is 372 g/mol. The number of ether oxygens (including phenoxy) is 1. The van der Waals surface area contributed by atoms with Crippen LogP contribution in [0.3, 0.4) is 0 Å². The van der Waals surface area contributed by atoms with Gasteiger partial charge in [-0.1, -0.05) is 0 Å². The number of amides is 1. The first kappa shape index (κ1) is 20.0. The Morgan fingerprint density at radius 2 is 2.15 bits per heavy atom. The highest BCUT2D eigenvalue weighted by Crippen LogP contribution is 2.34. The molecule has 4 N–H and O–H groups in total. The van der Waals surface area contributed by atoms with E-state index >= 15 is 0 Å². The van der Waals surface area contributed by atoms with E-state index < -0.39 is 10.0 Å². The number of nitrogens with two attached hydrogens (primary N) is 1. The van der Waals surface area contributed by atoms with E-state index in [1.165, 1.54) is 25.3 Å². The lowest BCUT2D eigenvalue weighted by molar-refractivity contribution is -0.117. The van der Waals surface area contributed by atoms with E-state index in [1.54, 1.807) is 0 Å². The Hall–Kier alpha value is -1.72. The largest absolute Gasteiger partial charge is 0.495 e. The Morgan fingerprint density at radius 3 is 2.74 bits per heavy atom. The molecule has 1 amide bonds. The molecule has 0 unspecified atom stereocenters. The van der Waals surface area contributed by atoms with Gasteiger partial charge in [-0.3, -0.25) is 14.6 Å². The van der Waals surface area contributed by atoms with Crippen LogP contribution in [-0.2, 0) is 14.8 Å². The third-order valence-corrected chi connectivity index (χ3v) is 6.42. The molecule has 2 fully saturated rings. The molecule has 2 aliphatic rings. The van der Waals surface area contributed by atoms with Crippen molar-refractivity contribution in [2.75, 3.05) is 45.7 Å². The number of fused-ring (bicyclic) bond motifs is 1. The standard InChI is InChI=1S/C17H26N4O5S/c1-20-12(10-22)5-11-7-21(8-15(11)20)9-17(23)19-14-6-13(27(18,24)25)3-4-16(14)26-2/h3-4,6,11-12,15,22H,5,7-10H2,1-2H3,(H,19,23)(H2,18,24,25)/t11-,12-,15+/m0/s1. The number of rotatable bonds is 6. The van der Waals surface area contributed by atoms with Gasteiger partial charge in [0.25, 0.3) is 0 Å². The average Bonchev–Trinajstić information content (AvgIpc) is 3.12. The molecule has 27 heavy (non-hydrogen) atoms. The maximum Gasteiger partial charge on any atom is 0.238 e. The van der Waals surface area contributed by atoms with Crippen molar-refractivity contribution in [1.82, 2.24) is 9.80 Å². The fourth-order valence-electron chi connectivity index (χ4n) is 4.11. The molecule has 0 spiro atoms. The van der Waals surface area contributed by atoms with Crippen LogP contribution in [0.2, 0.25) is 0 Å². The summed E-state index contributed by atoms with van der Waals surface area (Å²) >= 11 is 0. The zero-order valence-corrected chi connectivity index (χ0v) is 16.3. The number of benzene rings is 1. The van der Waals surface area contributed by atoms with E-state index in [-0.39, 0.29) is 35.7 Å². The van der Waals surface area contributed by atoms with Gasteiger partial charge in [-0.25, -0.2) is 13.6 Å². The van der Waals surface area contributed by atoms with Crippen LogP contribution in [0, 0.1) is 5.92 Å². The number of sulfonamides is 1. The Morgan fingerprint density at radius 1 is 1.41 bits per heavy atom. The van der Waals surface area contributed by atoms with E-state index in [4.69, 9.17) is 9.88 Å². The van der Waals surface area contributed by atoms with E-state index in [0.717, 1.165) is 19.5 Å². The third kappa shape index (κ3) is 4.25. The van der Waals surface area contributed by atoms with Crippen molar-refractivity contribution in [2.24, 2.45) is 11.1 Å². The second kappa shape index (κ2) is 7.72. The fraction of sp³-hybridized carbons (Fsp3) is 0.588. The van der Waals surface area contributed by atoms with Crippen molar-refractivity contribution in [1.29, 1.82) is 0 Å². The average molecular weight is 398 g/mol. The first-order valence-electron chi connectivity index (χ1n) is 8.78. The molecule has 10 heteroatoms. The van der Waals surface area contributed by atoms with Gasteiger partial charge in [-0.2, -0.15) is 0 Å². The first-order chi connectivity index (χ1) is 12.7. The number of nitrogens with one attached hydrogen (secondary N) is 1. The summed E-state index contributed by atoms with van der Waals surface area (Å²) in [5, 5.41) is 17.3. The Balaban J connectivity index is 1.64. The molecule has 150 valence electrons. The maximum absolute atomic E-state index is 12.5. The van der Waals surface area contributed by atoms with E-state index in [2.05, 4.69) is 15.1 Å². The molecule has 2 aliphatic heterocycles. The van der Waals surface area contributed by atoms with Gasteiger partial charge in [0.05, 0.1) is 30.8 Å². The highest BCUT2D eigenvalue weighted by Gasteiger charge is 2.44. The lowest BCUT2D eigenvalue weighted by atomic mass is 10.0. The van der Waals surface area contributed by atoms with E-state index in [9.17, 15) is 18.3 Å². The molecule has 0 aromatic heterocycles. The summed E-state index contributed by atoms with van der Waals surface area (Å²) in [5.41, 5.74) is 0.269. The van der Waals surface area contributed by atoms with Crippen LogP contribution < -0.4 is 15.2 Å². The van der Waals surface area contributed by atoms with Gasteiger partial charge < -0.3 is 15.2 Å². The van der Waals surface area contributed by atoms with Crippen LogP contribution in [0.5, 0.6) is 5.75 Å². The summed E-state index contributed by atoms with van der Waals surface area (Å²) in [7, 11) is -0.422. The summed E-state index contributed by atoms with van der Waals surface area (Å²) < 4.78 is 28.3. The molecule has 2 heterocycles. The van der Waals surface area contributed by atoms with Crippen molar-refractivity contribution >= 4 is 21.6 Å². The van der Waals surface area contributed by atoms with Crippen LogP contribution >= 0.6 is 0 Å². The molecule has 1 aromatic carbocycles. The second-order valence-corrected chi connectivity index (χ2v) is 8.78. The quantitative estimate of drug-likeness (QED) is 0.577. The van der Waals surface area contributed by atoms with E-state index in [0.29, 0.717) is 17.7 Å². The minimum absolute atomic E-state index is 0.0917. The number of aliphatic hydroxyl groups is 1. The predicted octanol–water partition coefficient (Wildman–Crippen LogP) is -0.722. The van der Waals surface area contributed by atoms with Gasteiger partial charge in [-0.05, 0) is 37.6 Å². The summed E-state index contributed by atoms with van der Waals surface area (Å²) in [6, 6.07) is 4.62. The number of primary sulfonamides is 1. The molecule has 3 atom stereocenters. The third-order valence-electron chi connectivity index (χ3n) is 5.51. The molecular formula is C17H26N4O5S. The van der Waals surface area contributed by atoms with Crippen LogP contribution in [0.25, 0.3) is 0 Å². The molecule has 9 nitrogen and oxygen atoms in total. The van der Waals surface area contributed by atoms with Gasteiger partial charge >= 0.3 is 0 Å². The van der Waals surface area contributed by atoms with Crippen molar-refractivity contribution in [3.05, 3.63) is 18.2 Å². The molecule has 3 rings (SSSR count). The van der Waals surface area contributed by atoms with Crippen molar-refractivity contribution in [3.8, 4) is 5.75 Å². The normalized spacial score (nSPS) is 26.1. The van der Waals surface area contributed by atoms with Crippen molar-refractivity contribution in [3.63, 3.8) is 0 Å². The maximum atomic E-state index is 12.5. The zero-order valence-electron chi connectivity index (χ0n) is 15.5. The predicted molar refractivity (Wildman–Crippen MR) is 100.0 cm³/mol. The zero-order chi connectivity index (χ0) is 19.8. The highest BCUT2D eigenvalue weighted by atomic mass is 32.2. The number of hydrogen-bond donors (Lipinski definition) is 3. The first-order valence-corrected chi connectivity index (χ1v) is 10.3. The van der Waals surface area contributed by atoms with Crippen LogP contribution in [-0.4, -0.2) is 81.7 Å². The number of carbonyl (C=O) groups is 1. The molecule has 0 radical (unpaired) electrons. The molecule has 0 saturated carbocycles. The molecule has 1 aromatic rings. The second-order valence-electron chi connectivity index (χ2n) is 7.21. The lowest BCUT2D eigenvalue weighted by Gasteiger charge is -2.25. The van der Waals surface area contributed by atoms with Gasteiger partial charge in [-0.15, -0.1) is 0 Å². The number of hydrogen-bond acceptors (Lipinski definition) is 7. The van der Waals surface area contributed by atoms with Gasteiger partial charge in [0, 0.05) is 25.2 Å². The topological polar surface area (TPSA) is 125 Å². The monoisotopic (exact) mass is 398 g/mol. The summed E-state index contributed by atoms with van der Waals surface area (Å²) in [4.78, 5) is 16.7. The van der Waals surface area contributed by atoms with Crippen molar-refractivity contribution in [2.45, 2.75) is 23.4 Å². The van der Waals surface area contributed by atoms with E-state index in [1.807, 2.05) is 7.05 Å². The summed E-state index contributed by atoms with van der Waals surface area (Å²) in [5.74, 6) is 0.556. The van der Waals surface area contributed by atoms with Crippen LogP contribution in [0.1, 0.15) is 6.42 Å².